The molecule has 1 N–H and O–H groups in total. The van der Waals surface area contributed by atoms with E-state index in [0.29, 0.717) is 28.2 Å². The summed E-state index contributed by atoms with van der Waals surface area (Å²) in [6, 6.07) is 17.4. The number of furan rings is 1. The zero-order valence-corrected chi connectivity index (χ0v) is 19.6. The van der Waals surface area contributed by atoms with Gasteiger partial charge in [0.15, 0.2) is 11.0 Å². The van der Waals surface area contributed by atoms with Gasteiger partial charge in [-0.15, -0.1) is 10.2 Å². The maximum absolute atomic E-state index is 12.9. The van der Waals surface area contributed by atoms with Gasteiger partial charge in [0.05, 0.1) is 23.6 Å². The van der Waals surface area contributed by atoms with E-state index in [4.69, 9.17) is 16.0 Å². The van der Waals surface area contributed by atoms with Crippen LogP contribution in [0.1, 0.15) is 23.8 Å². The van der Waals surface area contributed by atoms with Crippen LogP contribution in [-0.2, 0) is 11.3 Å². The van der Waals surface area contributed by atoms with Crippen molar-refractivity contribution in [3.8, 4) is 11.4 Å². The fraction of sp³-hybridized carbons (Fsp3) is 0.208. The Morgan fingerprint density at radius 3 is 2.62 bits per heavy atom. The SMILES string of the molecule is Cc1occc1-c1nnc(SC(C)C(=O)Nc2cccc(Cl)c2C)n1Cc1ccccc1. The number of benzene rings is 2. The molecule has 8 heteroatoms. The van der Waals surface area contributed by atoms with E-state index in [1.165, 1.54) is 11.8 Å². The van der Waals surface area contributed by atoms with Crippen molar-refractivity contribution in [1.82, 2.24) is 14.8 Å². The Labute approximate surface area is 196 Å². The van der Waals surface area contributed by atoms with E-state index >= 15 is 0 Å². The molecule has 0 saturated carbocycles. The fourth-order valence-electron chi connectivity index (χ4n) is 3.29. The first-order valence-electron chi connectivity index (χ1n) is 10.2. The smallest absolute Gasteiger partial charge is 0.237 e. The lowest BCUT2D eigenvalue weighted by atomic mass is 10.2. The largest absolute Gasteiger partial charge is 0.469 e. The van der Waals surface area contributed by atoms with Crippen molar-refractivity contribution >= 4 is 35.0 Å². The number of carbonyl (C=O) groups excluding carboxylic acids is 1. The van der Waals surface area contributed by atoms with Crippen molar-refractivity contribution in [2.75, 3.05) is 5.32 Å². The Morgan fingerprint density at radius 1 is 1.12 bits per heavy atom. The predicted molar refractivity (Wildman–Crippen MR) is 128 cm³/mol. The van der Waals surface area contributed by atoms with Gasteiger partial charge in [-0.2, -0.15) is 0 Å². The van der Waals surface area contributed by atoms with Crippen LogP contribution in [0.3, 0.4) is 0 Å². The molecule has 2 heterocycles. The van der Waals surface area contributed by atoms with Crippen LogP contribution in [0, 0.1) is 13.8 Å². The number of amides is 1. The number of thioether (sulfide) groups is 1. The second-order valence-corrected chi connectivity index (χ2v) is 9.15. The monoisotopic (exact) mass is 466 g/mol. The predicted octanol–water partition coefficient (Wildman–Crippen LogP) is 5.98. The molecule has 4 aromatic rings. The van der Waals surface area contributed by atoms with Gasteiger partial charge >= 0.3 is 0 Å². The van der Waals surface area contributed by atoms with E-state index in [0.717, 1.165) is 22.5 Å². The lowest BCUT2D eigenvalue weighted by Crippen LogP contribution is -2.23. The van der Waals surface area contributed by atoms with Crippen molar-refractivity contribution < 1.29 is 9.21 Å². The van der Waals surface area contributed by atoms with E-state index in [1.807, 2.05) is 61.7 Å². The van der Waals surface area contributed by atoms with Crippen LogP contribution >= 0.6 is 23.4 Å². The highest BCUT2D eigenvalue weighted by molar-refractivity contribution is 8.00. The van der Waals surface area contributed by atoms with Gasteiger partial charge < -0.3 is 9.73 Å². The minimum atomic E-state index is -0.398. The Balaban J connectivity index is 1.60. The first-order valence-corrected chi connectivity index (χ1v) is 11.4. The fourth-order valence-corrected chi connectivity index (χ4v) is 4.31. The molecule has 0 aliphatic carbocycles. The van der Waals surface area contributed by atoms with Crippen molar-refractivity contribution in [2.24, 2.45) is 0 Å². The zero-order chi connectivity index (χ0) is 22.7. The molecule has 4 rings (SSSR count). The molecule has 0 saturated heterocycles. The van der Waals surface area contributed by atoms with Gasteiger partial charge in [-0.1, -0.05) is 59.8 Å². The summed E-state index contributed by atoms with van der Waals surface area (Å²) in [5.74, 6) is 1.35. The summed E-state index contributed by atoms with van der Waals surface area (Å²) < 4.78 is 7.50. The molecule has 0 bridgehead atoms. The summed E-state index contributed by atoms with van der Waals surface area (Å²) in [7, 11) is 0. The van der Waals surface area contributed by atoms with E-state index in [2.05, 4.69) is 27.6 Å². The number of halogens is 1. The molecule has 164 valence electrons. The Bertz CT molecular complexity index is 1240. The molecule has 0 aliphatic rings. The quantitative estimate of drug-likeness (QED) is 0.339. The van der Waals surface area contributed by atoms with Crippen molar-refractivity contribution in [3.05, 3.63) is 82.8 Å². The van der Waals surface area contributed by atoms with E-state index < -0.39 is 5.25 Å². The van der Waals surface area contributed by atoms with Crippen molar-refractivity contribution in [2.45, 2.75) is 37.7 Å². The number of carbonyl (C=O) groups is 1. The van der Waals surface area contributed by atoms with Crippen LogP contribution in [0.25, 0.3) is 11.4 Å². The molecule has 2 aromatic heterocycles. The average molecular weight is 467 g/mol. The minimum Gasteiger partial charge on any atom is -0.469 e. The molecule has 0 aliphatic heterocycles. The summed E-state index contributed by atoms with van der Waals surface area (Å²) in [5, 5.41) is 12.7. The lowest BCUT2D eigenvalue weighted by Gasteiger charge is -2.15. The summed E-state index contributed by atoms with van der Waals surface area (Å²) in [6.45, 7) is 6.21. The first-order chi connectivity index (χ1) is 15.4. The molecule has 1 atom stereocenters. The third-order valence-corrected chi connectivity index (χ3v) is 6.67. The number of hydrogen-bond donors (Lipinski definition) is 1. The van der Waals surface area contributed by atoms with Gasteiger partial charge in [0.25, 0.3) is 0 Å². The second-order valence-electron chi connectivity index (χ2n) is 7.43. The molecule has 1 unspecified atom stereocenters. The number of anilines is 1. The third kappa shape index (κ3) is 4.74. The van der Waals surface area contributed by atoms with Crippen LogP contribution in [-0.4, -0.2) is 25.9 Å². The Kier molecular flexibility index (Phi) is 6.67. The van der Waals surface area contributed by atoms with Gasteiger partial charge in [-0.05, 0) is 50.1 Å². The molecular formula is C24H23ClN4O2S. The Morgan fingerprint density at radius 2 is 1.91 bits per heavy atom. The van der Waals surface area contributed by atoms with Gasteiger partial charge in [-0.3, -0.25) is 9.36 Å². The highest BCUT2D eigenvalue weighted by Gasteiger charge is 2.23. The molecule has 0 spiro atoms. The number of nitrogens with zero attached hydrogens (tertiary/aromatic N) is 3. The maximum Gasteiger partial charge on any atom is 0.237 e. The van der Waals surface area contributed by atoms with Crippen LogP contribution in [0.15, 0.2) is 70.4 Å². The van der Waals surface area contributed by atoms with Gasteiger partial charge in [0, 0.05) is 10.7 Å². The Hall–Kier alpha value is -3.03. The molecule has 1 amide bonds. The lowest BCUT2D eigenvalue weighted by molar-refractivity contribution is -0.115. The molecule has 32 heavy (non-hydrogen) atoms. The number of aryl methyl sites for hydroxylation is 1. The van der Waals surface area contributed by atoms with Gasteiger partial charge in [0.2, 0.25) is 5.91 Å². The highest BCUT2D eigenvalue weighted by atomic mass is 35.5. The first kappa shape index (κ1) is 22.2. The molecule has 6 nitrogen and oxygen atoms in total. The average Bonchev–Trinajstić information content (AvgIpc) is 3.37. The molecular weight excluding hydrogens is 444 g/mol. The topological polar surface area (TPSA) is 72.9 Å². The normalized spacial score (nSPS) is 12.0. The van der Waals surface area contributed by atoms with Gasteiger partial charge in [0.1, 0.15) is 5.76 Å². The second kappa shape index (κ2) is 9.63. The minimum absolute atomic E-state index is 0.129. The van der Waals surface area contributed by atoms with E-state index in [9.17, 15) is 4.79 Å². The van der Waals surface area contributed by atoms with Crippen LogP contribution in [0.2, 0.25) is 5.02 Å². The van der Waals surface area contributed by atoms with Crippen LogP contribution < -0.4 is 5.32 Å². The van der Waals surface area contributed by atoms with E-state index in [1.54, 1.807) is 12.3 Å². The summed E-state index contributed by atoms with van der Waals surface area (Å²) in [5.41, 5.74) is 3.54. The van der Waals surface area contributed by atoms with Crippen LogP contribution in [0.4, 0.5) is 5.69 Å². The van der Waals surface area contributed by atoms with Gasteiger partial charge in [-0.25, -0.2) is 0 Å². The number of hydrogen-bond acceptors (Lipinski definition) is 5. The van der Waals surface area contributed by atoms with Crippen molar-refractivity contribution in [1.29, 1.82) is 0 Å². The summed E-state index contributed by atoms with van der Waals surface area (Å²) in [4.78, 5) is 12.9. The number of rotatable bonds is 7. The highest BCUT2D eigenvalue weighted by Crippen LogP contribution is 2.31. The molecule has 0 fully saturated rings. The van der Waals surface area contributed by atoms with Crippen molar-refractivity contribution in [3.63, 3.8) is 0 Å². The standard InChI is InChI=1S/C24H23ClN4O2S/c1-15-20(25)10-7-11-21(15)26-23(30)17(3)32-24-28-27-22(19-12-13-31-16(19)2)29(24)14-18-8-5-4-6-9-18/h4-13,17H,14H2,1-3H3,(H,26,30). The number of nitrogens with one attached hydrogen (secondary N) is 1. The molecule has 2 aromatic carbocycles. The molecule has 0 radical (unpaired) electrons. The zero-order valence-electron chi connectivity index (χ0n) is 18.0. The summed E-state index contributed by atoms with van der Waals surface area (Å²) >= 11 is 7.55. The van der Waals surface area contributed by atoms with Crippen LogP contribution in [0.5, 0.6) is 0 Å². The van der Waals surface area contributed by atoms with E-state index in [-0.39, 0.29) is 5.91 Å². The number of aromatic nitrogens is 3. The summed E-state index contributed by atoms with van der Waals surface area (Å²) in [6.07, 6.45) is 1.64. The maximum atomic E-state index is 12.9. The third-order valence-electron chi connectivity index (χ3n) is 5.18.